The largest absolute Gasteiger partial charge is 0.224 e. The Hall–Kier alpha value is -1.01. The Morgan fingerprint density at radius 1 is 1.12 bits per heavy atom. The normalized spacial score (nSPS) is 12.5. The molecule has 17 heavy (non-hydrogen) atoms. The van der Waals surface area contributed by atoms with Crippen LogP contribution in [0.4, 0.5) is 0 Å². The lowest BCUT2D eigenvalue weighted by Gasteiger charge is -2.22. The standard InChI is InChI=1S/C11H15O4S2/c1-11(2,3)8-6-5-7-9(16(12)13)10(8)17(4,14)15/h5-7H,1-4H3. The van der Waals surface area contributed by atoms with Crippen LogP contribution in [-0.4, -0.2) is 23.1 Å². The van der Waals surface area contributed by atoms with Crippen LogP contribution in [0.2, 0.25) is 0 Å². The summed E-state index contributed by atoms with van der Waals surface area (Å²) in [5.74, 6) is 0. The molecule has 6 heteroatoms. The first-order valence-electron chi connectivity index (χ1n) is 4.98. The van der Waals surface area contributed by atoms with Crippen LogP contribution in [0.5, 0.6) is 0 Å². The summed E-state index contributed by atoms with van der Waals surface area (Å²) in [4.78, 5) is -0.263. The molecule has 0 aliphatic carbocycles. The maximum atomic E-state index is 11.8. The number of sulfone groups is 1. The lowest BCUT2D eigenvalue weighted by Crippen LogP contribution is -2.17. The molecule has 0 saturated heterocycles. The van der Waals surface area contributed by atoms with E-state index in [1.54, 1.807) is 12.1 Å². The monoisotopic (exact) mass is 275 g/mol. The van der Waals surface area contributed by atoms with Crippen molar-refractivity contribution < 1.29 is 16.8 Å². The number of hydrogen-bond acceptors (Lipinski definition) is 4. The Kier molecular flexibility index (Phi) is 3.59. The summed E-state index contributed by atoms with van der Waals surface area (Å²) in [5.41, 5.74) is 0.0788. The fourth-order valence-corrected chi connectivity index (χ4v) is 3.94. The predicted octanol–water partition coefficient (Wildman–Crippen LogP) is 1.63. The maximum absolute atomic E-state index is 11.8. The lowest BCUT2D eigenvalue weighted by molar-refractivity contribution is 0.555. The van der Waals surface area contributed by atoms with Gasteiger partial charge in [0.25, 0.3) is 0 Å². The molecule has 95 valence electrons. The second-order valence-corrected chi connectivity index (χ2v) is 7.75. The van der Waals surface area contributed by atoms with Gasteiger partial charge in [0.2, 0.25) is 10.7 Å². The van der Waals surface area contributed by atoms with Gasteiger partial charge in [-0.05, 0) is 17.0 Å². The van der Waals surface area contributed by atoms with Gasteiger partial charge in [0.1, 0.15) is 4.90 Å². The molecule has 1 rings (SSSR count). The van der Waals surface area contributed by atoms with Crippen molar-refractivity contribution in [2.75, 3.05) is 6.26 Å². The zero-order valence-electron chi connectivity index (χ0n) is 10.2. The average molecular weight is 275 g/mol. The molecule has 1 aromatic rings. The van der Waals surface area contributed by atoms with E-state index in [4.69, 9.17) is 0 Å². The van der Waals surface area contributed by atoms with Crippen molar-refractivity contribution in [3.63, 3.8) is 0 Å². The molecule has 0 aliphatic heterocycles. The molecular formula is C11H15O4S2. The summed E-state index contributed by atoms with van der Waals surface area (Å²) in [6, 6.07) is 4.50. The van der Waals surface area contributed by atoms with Crippen LogP contribution in [0.3, 0.4) is 0 Å². The zero-order chi connectivity index (χ0) is 13.4. The molecule has 1 radical (unpaired) electrons. The summed E-state index contributed by atoms with van der Waals surface area (Å²) in [6.07, 6.45) is 1.02. The quantitative estimate of drug-likeness (QED) is 0.822. The third-order valence-corrected chi connectivity index (χ3v) is 4.35. The average Bonchev–Trinajstić information content (AvgIpc) is 2.13. The number of rotatable bonds is 2. The molecule has 0 heterocycles. The van der Waals surface area contributed by atoms with E-state index in [0.717, 1.165) is 6.26 Å². The van der Waals surface area contributed by atoms with E-state index in [9.17, 15) is 16.8 Å². The van der Waals surface area contributed by atoms with Gasteiger partial charge < -0.3 is 0 Å². The Morgan fingerprint density at radius 2 is 1.65 bits per heavy atom. The van der Waals surface area contributed by atoms with E-state index in [1.165, 1.54) is 6.07 Å². The van der Waals surface area contributed by atoms with Crippen LogP contribution >= 0.6 is 0 Å². The lowest BCUT2D eigenvalue weighted by atomic mass is 9.87. The summed E-state index contributed by atoms with van der Waals surface area (Å²) < 4.78 is 45.7. The highest BCUT2D eigenvalue weighted by molar-refractivity contribution is 7.91. The summed E-state index contributed by atoms with van der Waals surface area (Å²) >= 11 is 0. The highest BCUT2D eigenvalue weighted by Gasteiger charge is 2.27. The van der Waals surface area contributed by atoms with Crippen LogP contribution in [0.15, 0.2) is 28.0 Å². The van der Waals surface area contributed by atoms with Crippen molar-refractivity contribution in [2.24, 2.45) is 0 Å². The maximum Gasteiger partial charge on any atom is 0.222 e. The third-order valence-electron chi connectivity index (χ3n) is 2.34. The van der Waals surface area contributed by atoms with Crippen LogP contribution < -0.4 is 0 Å². The molecule has 0 aromatic heterocycles. The van der Waals surface area contributed by atoms with Crippen molar-refractivity contribution >= 4 is 20.5 Å². The Balaban J connectivity index is 3.83. The first-order valence-corrected chi connectivity index (χ1v) is 7.94. The van der Waals surface area contributed by atoms with Gasteiger partial charge in [-0.2, -0.15) is 8.42 Å². The summed E-state index contributed by atoms with van der Waals surface area (Å²) in [7, 11) is -6.15. The van der Waals surface area contributed by atoms with Gasteiger partial charge in [-0.15, -0.1) is 0 Å². The van der Waals surface area contributed by atoms with Crippen LogP contribution in [0.25, 0.3) is 0 Å². The molecule has 0 atom stereocenters. The van der Waals surface area contributed by atoms with Gasteiger partial charge in [-0.1, -0.05) is 32.9 Å². The van der Waals surface area contributed by atoms with E-state index in [1.807, 2.05) is 20.8 Å². The minimum Gasteiger partial charge on any atom is -0.224 e. The van der Waals surface area contributed by atoms with Crippen LogP contribution in [0, 0.1) is 0 Å². The van der Waals surface area contributed by atoms with E-state index < -0.39 is 26.0 Å². The number of benzene rings is 1. The van der Waals surface area contributed by atoms with E-state index in [2.05, 4.69) is 0 Å². The Labute approximate surface area is 104 Å². The summed E-state index contributed by atoms with van der Waals surface area (Å²) in [5, 5.41) is 0. The smallest absolute Gasteiger partial charge is 0.222 e. The second-order valence-electron chi connectivity index (χ2n) is 4.89. The molecule has 0 spiro atoms. The molecule has 0 saturated carbocycles. The van der Waals surface area contributed by atoms with E-state index >= 15 is 0 Å². The Morgan fingerprint density at radius 3 is 2.00 bits per heavy atom. The molecule has 0 bridgehead atoms. The molecule has 0 fully saturated rings. The molecule has 1 aromatic carbocycles. The van der Waals surface area contributed by atoms with Gasteiger partial charge in [-0.3, -0.25) is 0 Å². The van der Waals surface area contributed by atoms with Crippen molar-refractivity contribution in [3.8, 4) is 0 Å². The molecule has 0 N–H and O–H groups in total. The fraction of sp³-hybridized carbons (Fsp3) is 0.455. The van der Waals surface area contributed by atoms with E-state index in [0.29, 0.717) is 5.56 Å². The topological polar surface area (TPSA) is 68.3 Å². The second kappa shape index (κ2) is 4.34. The van der Waals surface area contributed by atoms with Gasteiger partial charge in [0.15, 0.2) is 9.84 Å². The summed E-state index contributed by atoms with van der Waals surface area (Å²) in [6.45, 7) is 5.53. The Bertz CT molecular complexity index is 597. The highest BCUT2D eigenvalue weighted by atomic mass is 32.2. The molecule has 4 nitrogen and oxygen atoms in total. The van der Waals surface area contributed by atoms with Crippen molar-refractivity contribution in [3.05, 3.63) is 23.8 Å². The SMILES string of the molecule is CC(C)(C)c1cccc([S](=O)=O)c1S(C)(=O)=O. The predicted molar refractivity (Wildman–Crippen MR) is 65.4 cm³/mol. The minimum absolute atomic E-state index is 0.0965. The van der Waals surface area contributed by atoms with Crippen molar-refractivity contribution in [1.82, 2.24) is 0 Å². The first-order chi connectivity index (χ1) is 7.55. The molecule has 0 unspecified atom stereocenters. The van der Waals surface area contributed by atoms with Crippen LogP contribution in [-0.2, 0) is 26.0 Å². The van der Waals surface area contributed by atoms with Gasteiger partial charge >= 0.3 is 0 Å². The highest BCUT2D eigenvalue weighted by Crippen LogP contribution is 2.31. The van der Waals surface area contributed by atoms with Gasteiger partial charge in [-0.25, -0.2) is 8.42 Å². The zero-order valence-corrected chi connectivity index (χ0v) is 11.8. The molecule has 0 aliphatic rings. The molecule has 0 amide bonds. The van der Waals surface area contributed by atoms with Crippen molar-refractivity contribution in [1.29, 1.82) is 0 Å². The fourth-order valence-electron chi connectivity index (χ4n) is 1.62. The van der Waals surface area contributed by atoms with Crippen molar-refractivity contribution in [2.45, 2.75) is 36.0 Å². The minimum atomic E-state index is -3.59. The first kappa shape index (κ1) is 14.1. The third kappa shape index (κ3) is 3.01. The van der Waals surface area contributed by atoms with Crippen LogP contribution in [0.1, 0.15) is 26.3 Å². The molecular weight excluding hydrogens is 260 g/mol. The van der Waals surface area contributed by atoms with E-state index in [-0.39, 0.29) is 9.79 Å². The van der Waals surface area contributed by atoms with Gasteiger partial charge in [0.05, 0.1) is 4.90 Å². The van der Waals surface area contributed by atoms with Gasteiger partial charge in [0, 0.05) is 6.26 Å². The number of hydrogen-bond donors (Lipinski definition) is 0.